The second-order valence-corrected chi connectivity index (χ2v) is 42.0. The van der Waals surface area contributed by atoms with Crippen LogP contribution in [0.5, 0.6) is 0 Å². The molecule has 5 aliphatic rings. The second-order valence-electron chi connectivity index (χ2n) is 37.6. The van der Waals surface area contributed by atoms with Gasteiger partial charge in [-0.15, -0.1) is 0 Å². The fraction of sp³-hybridized carbons (Fsp3) is 0.510. The minimum absolute atomic E-state index is 0.0247. The topological polar surface area (TPSA) is 667 Å². The molecule has 0 spiro atoms. The predicted octanol–water partition coefficient (Wildman–Crippen LogP) is -1.62. The molecule has 46 nitrogen and oxygen atoms in total. The number of carbonyl (C=O) groups excluding carboxylic acids is 19. The fourth-order valence-corrected chi connectivity index (χ4v) is 21.8. The van der Waals surface area contributed by atoms with Crippen molar-refractivity contribution in [3.05, 3.63) is 138 Å². The van der Waals surface area contributed by atoms with Gasteiger partial charge in [0.1, 0.15) is 84.6 Å². The average Bonchev–Trinajstić information content (AvgIpc) is 1.64. The van der Waals surface area contributed by atoms with E-state index in [9.17, 15) is 58.2 Å². The van der Waals surface area contributed by atoms with E-state index in [-0.39, 0.29) is 176 Å². The van der Waals surface area contributed by atoms with Gasteiger partial charge in [-0.25, -0.2) is 4.79 Å². The number of hydrogen-bond donors (Lipinski definition) is 20. The van der Waals surface area contributed by atoms with E-state index < -0.39 is 228 Å². The molecule has 0 aliphatic carbocycles. The van der Waals surface area contributed by atoms with Gasteiger partial charge in [0.05, 0.1) is 39.6 Å². The lowest BCUT2D eigenvalue weighted by molar-refractivity contribution is -0.158. The summed E-state index contributed by atoms with van der Waals surface area (Å²) in [5, 5.41) is 58.6. The van der Waals surface area contributed by atoms with Crippen molar-refractivity contribution in [3.8, 4) is 0 Å². The highest BCUT2D eigenvalue weighted by Gasteiger charge is 2.45. The number of primary amides is 1. The number of nitrogens with two attached hydrogens (primary N) is 2. The summed E-state index contributed by atoms with van der Waals surface area (Å²) in [6, 6.07) is 2.42. The number of carboxylic acid groups (broad SMARTS) is 1. The average molecular weight is 2150 g/mol. The van der Waals surface area contributed by atoms with Gasteiger partial charge in [0, 0.05) is 163 Å². The number of fused-ring (bicyclic) bond motifs is 12. The first-order valence-corrected chi connectivity index (χ1v) is 54.9. The van der Waals surface area contributed by atoms with E-state index >= 15 is 47.9 Å². The predicted molar refractivity (Wildman–Crippen MR) is 560 cm³/mol. The molecule has 7 aromatic rings. The summed E-state index contributed by atoms with van der Waals surface area (Å²) in [5.41, 5.74) is 15.6. The fourth-order valence-electron chi connectivity index (χ4n) is 18.5. The first-order chi connectivity index (χ1) is 72.1. The monoisotopic (exact) mass is 2150 g/mol. The number of carboxylic acids is 1. The number of aromatic nitrogens is 4. The van der Waals surface area contributed by atoms with Gasteiger partial charge in [-0.2, -0.15) is 47.0 Å². The summed E-state index contributed by atoms with van der Waals surface area (Å²) in [7, 11) is 0. The highest BCUT2D eigenvalue weighted by molar-refractivity contribution is 7.99. The number of carbonyl (C=O) groups is 20. The number of nitrogens with zero attached hydrogens (tertiary/aromatic N) is 6. The van der Waals surface area contributed by atoms with Crippen LogP contribution in [0.15, 0.2) is 116 Å². The molecule has 9 heterocycles. The van der Waals surface area contributed by atoms with Gasteiger partial charge in [-0.05, 0) is 122 Å². The highest BCUT2D eigenvalue weighted by atomic mass is 32.2. The molecule has 0 radical (unpaired) electrons. The number of amides is 19. The van der Waals surface area contributed by atoms with Crippen molar-refractivity contribution in [1.82, 2.24) is 114 Å². The second kappa shape index (κ2) is 56.1. The molecule has 4 aromatic heterocycles. The molecular formula is C100H132N24O22S4. The van der Waals surface area contributed by atoms with E-state index in [1.54, 1.807) is 124 Å². The van der Waals surface area contributed by atoms with Crippen LogP contribution in [0.1, 0.15) is 126 Å². The van der Waals surface area contributed by atoms with Gasteiger partial charge in [0.2, 0.25) is 112 Å². The van der Waals surface area contributed by atoms with Crippen LogP contribution in [0, 0.1) is 5.92 Å². The number of hydrogen-bond acceptors (Lipinski definition) is 27. The van der Waals surface area contributed by atoms with Gasteiger partial charge in [0.25, 0.3) is 0 Å². The van der Waals surface area contributed by atoms with Crippen LogP contribution in [-0.4, -0.2) is 357 Å². The van der Waals surface area contributed by atoms with Gasteiger partial charge >= 0.3 is 5.97 Å². The first kappa shape index (κ1) is 115. The van der Waals surface area contributed by atoms with Crippen LogP contribution >= 0.6 is 47.0 Å². The number of thioether (sulfide) groups is 4. The van der Waals surface area contributed by atoms with E-state index in [2.05, 4.69) is 89.1 Å². The van der Waals surface area contributed by atoms with Crippen LogP contribution in [0.4, 0.5) is 0 Å². The zero-order chi connectivity index (χ0) is 108. The maximum atomic E-state index is 15.7. The summed E-state index contributed by atoms with van der Waals surface area (Å²) < 4.78 is 0. The smallest absolute Gasteiger partial charge is 0.327 e. The van der Waals surface area contributed by atoms with E-state index in [1.807, 2.05) is 0 Å². The van der Waals surface area contributed by atoms with Gasteiger partial charge < -0.3 is 130 Å². The van der Waals surface area contributed by atoms with Gasteiger partial charge in [-0.3, -0.25) is 96.1 Å². The van der Waals surface area contributed by atoms with Crippen molar-refractivity contribution in [2.24, 2.45) is 17.4 Å². The Morgan fingerprint density at radius 2 is 0.953 bits per heavy atom. The van der Waals surface area contributed by atoms with E-state index in [0.717, 1.165) is 35.3 Å². The molecule has 3 aromatic carbocycles. The lowest BCUT2D eigenvalue weighted by Gasteiger charge is -2.42. The van der Waals surface area contributed by atoms with Crippen molar-refractivity contribution in [3.63, 3.8) is 0 Å². The summed E-state index contributed by atoms with van der Waals surface area (Å²) in [4.78, 5) is 314. The lowest BCUT2D eigenvalue weighted by atomic mass is 9.96. The third-order valence-corrected chi connectivity index (χ3v) is 30.6. The quantitative estimate of drug-likeness (QED) is 0.0339. The van der Waals surface area contributed by atoms with Gasteiger partial charge in [-0.1, -0.05) is 80.9 Å². The Hall–Kier alpha value is -13.9. The molecule has 4 bridgehead atoms. The molecule has 5 fully saturated rings. The summed E-state index contributed by atoms with van der Waals surface area (Å²) >= 11 is 4.30. The van der Waals surface area contributed by atoms with Crippen molar-refractivity contribution >= 4 is 198 Å². The molecule has 22 N–H and O–H groups in total. The maximum Gasteiger partial charge on any atom is 0.327 e. The number of aliphatic hydroxyl groups is 1. The van der Waals surface area contributed by atoms with Crippen LogP contribution in [0.2, 0.25) is 0 Å². The largest absolute Gasteiger partial charge is 0.480 e. The molecule has 5 saturated heterocycles. The summed E-state index contributed by atoms with van der Waals surface area (Å²) in [5.74, 6) is -19.9. The zero-order valence-electron chi connectivity index (χ0n) is 83.8. The Morgan fingerprint density at radius 3 is 1.47 bits per heavy atom. The Labute approximate surface area is 881 Å². The number of H-pyrrole nitrogens is 3. The Morgan fingerprint density at radius 1 is 0.500 bits per heavy atom. The maximum absolute atomic E-state index is 15.7. The Kier molecular flexibility index (Phi) is 43.0. The summed E-state index contributed by atoms with van der Waals surface area (Å²) in [6.07, 6.45) is 7.56. The first-order valence-electron chi connectivity index (χ1n) is 50.0. The molecule has 19 amide bonds. The Bertz CT molecular complexity index is 6030. The molecule has 15 atom stereocenters. The van der Waals surface area contributed by atoms with Crippen LogP contribution < -0.4 is 80.6 Å². The third kappa shape index (κ3) is 31.9. The summed E-state index contributed by atoms with van der Waals surface area (Å²) in [6.45, 7) is 1.62. The highest BCUT2D eigenvalue weighted by Crippen LogP contribution is 2.29. The molecule has 5 aliphatic heterocycles. The Balaban J connectivity index is 0.888. The van der Waals surface area contributed by atoms with E-state index in [0.29, 0.717) is 61.4 Å². The number of unbranched alkanes of at least 4 members (excludes halogenated alkanes) is 1. The van der Waals surface area contributed by atoms with Crippen molar-refractivity contribution < 1.29 is 106 Å². The lowest BCUT2D eigenvalue weighted by Crippen LogP contribution is -2.62. The number of aliphatic carboxylic acids is 1. The number of benzene rings is 3. The number of para-hydroxylation sites is 3. The third-order valence-electron chi connectivity index (χ3n) is 26.8. The molecule has 808 valence electrons. The number of pyridine rings is 1. The molecule has 50 heteroatoms. The van der Waals surface area contributed by atoms with E-state index in [4.69, 9.17) is 11.5 Å². The molecule has 150 heavy (non-hydrogen) atoms. The number of rotatable bonds is 22. The van der Waals surface area contributed by atoms with Crippen molar-refractivity contribution in [2.75, 3.05) is 99.3 Å². The zero-order valence-corrected chi connectivity index (χ0v) is 87.1. The molecule has 0 saturated carbocycles. The number of nitrogens with one attached hydrogen (secondary N) is 16. The normalized spacial score (nSPS) is 24.9. The van der Waals surface area contributed by atoms with Crippen LogP contribution in [0.3, 0.4) is 0 Å². The minimum atomic E-state index is -1.95. The van der Waals surface area contributed by atoms with Crippen LogP contribution in [0.25, 0.3) is 32.7 Å². The van der Waals surface area contributed by atoms with Crippen molar-refractivity contribution in [2.45, 2.75) is 215 Å². The molecule has 0 unspecified atom stereocenters. The van der Waals surface area contributed by atoms with Crippen LogP contribution in [-0.2, 0) is 122 Å². The SMILES string of the molecule is CC[C@H](C)[C@@H]1NC(=O)[C@@H]2CCCN2C(=O)[C@H](Cc2c[nH]c3ccccc23)NC(=O)[C@H](CO)NC(=O)[C@H](Cc2c[nH]c3ccccc23)NC(=O)[C@H](CC(N)=O)NC(=O)[C@H](CCCCN)NC(=O)[C@H](CCSC)NC(=O)[C@@H]2CSCCC(=O)N3CN(CN(C3)C(=O)CCSC[C@@H](NC(C)=O)C(=O)N3CCC[C@H]3C(=O)N[C@@H](Cc3cccnc3)C(=O)NCC(=O)N2)C(=O)CCSC[C@@H](C(=O)O)NC(=O)[C@H](Cc2c[nH]c3ccccc23)NC1=O. The van der Waals surface area contributed by atoms with E-state index in [1.165, 1.54) is 55.6 Å². The number of aliphatic hydroxyl groups excluding tert-OH is 1. The molecular weight excluding hydrogens is 2020 g/mol. The molecule has 12 rings (SSSR count). The van der Waals surface area contributed by atoms with Crippen molar-refractivity contribution in [1.29, 1.82) is 0 Å². The minimum Gasteiger partial charge on any atom is -0.480 e. The van der Waals surface area contributed by atoms with Gasteiger partial charge in [0.15, 0.2) is 0 Å². The standard InChI is InChI=1S/C100H132N24O22S4/c1-5-56(2)86-97(142)115-72(41-60-46-105-66-22-10-7-19-63(60)66)91(136)118-78(100(145)146)52-150-38-30-85(131)122-54-120-53-121(55-122)84(130)29-37-149-51-77(108-57(3)126)99(144)124-34-15-25-79(124)95(140)114-70(39-58-17-14-32-103-44-58)87(132)107-48-82(128)109-76(50-148-36-28-83(120)129)94(139)111-69(27-35-147-4)89(134)110-68(24-12-13-31-101)88(133)113-73(43-81(102)127)92(137)112-71(40-59-45-104-65-21-9-6-18-62(59)65)90(135)117-75(49-125)93(138)116-74(42-61-47-106-67-23-11-8-20-64(61)67)98(143)123-33-16-26-80(123)96(141)119-86/h6-11,14,17-23,32,44-47,56,68-80,86,104-106,125H,5,12-13,15-16,24-31,33-43,48-55,101H2,1-4H3,(H2,102,127)(H,107,132)(H,108,126)(H,109,128)(H,110,134)(H,111,139)(H,112,137)(H,113,133)(H,114,140)(H,115,142)(H,116,138)(H,117,135)(H,118,136)(H,119,141)(H,145,146)/t56-,68-,69-,70-,71-,72-,73-,74-,75-,76-,77+,78-,79-,80-,86-/m0/s1. The number of aromatic amines is 3.